The minimum Gasteiger partial charge on any atom is -0.760 e. The molecule has 5 heavy (non-hydrogen) atoms. The van der Waals surface area contributed by atoms with E-state index in [4.69, 9.17) is 8.76 Å². The van der Waals surface area contributed by atoms with Crippen molar-refractivity contribution < 1.29 is 25.3 Å². The van der Waals surface area contributed by atoms with Crippen molar-refractivity contribution in [2.75, 3.05) is 0 Å². The summed E-state index contributed by atoms with van der Waals surface area (Å²) in [6.45, 7) is 0. The van der Waals surface area contributed by atoms with Crippen LogP contribution >= 0.6 is 0 Å². The molecule has 0 aliphatic heterocycles. The maximum absolute atomic E-state index is 8.78. The molecule has 3 nitrogen and oxygen atoms in total. The van der Waals surface area contributed by atoms with Crippen molar-refractivity contribution >= 4 is 11.3 Å². The SMILES string of the molecule is NS(=O)[O-].[Ni+2]. The van der Waals surface area contributed by atoms with E-state index >= 15 is 0 Å². The molecule has 0 saturated carbocycles. The van der Waals surface area contributed by atoms with Crippen LogP contribution in [0.15, 0.2) is 0 Å². The Morgan fingerprint density at radius 3 is 1.80 bits per heavy atom. The summed E-state index contributed by atoms with van der Waals surface area (Å²) in [5.74, 6) is 0. The van der Waals surface area contributed by atoms with Gasteiger partial charge in [-0.15, -0.1) is 0 Å². The molecule has 0 radical (unpaired) electrons. The van der Waals surface area contributed by atoms with Crippen LogP contribution in [0.3, 0.4) is 0 Å². The van der Waals surface area contributed by atoms with Crippen molar-refractivity contribution in [3.8, 4) is 0 Å². The van der Waals surface area contributed by atoms with Crippen molar-refractivity contribution in [3.05, 3.63) is 0 Å². The Balaban J connectivity index is 0. The average Bonchev–Trinajstić information content (AvgIpc) is 0.811. The Kier molecular flexibility index (Phi) is 8.33. The van der Waals surface area contributed by atoms with Gasteiger partial charge in [0.25, 0.3) is 0 Å². The van der Waals surface area contributed by atoms with Gasteiger partial charge in [-0.1, -0.05) is 0 Å². The summed E-state index contributed by atoms with van der Waals surface area (Å²) < 4.78 is 17.6. The van der Waals surface area contributed by atoms with Gasteiger partial charge in [-0.25, -0.2) is 0 Å². The van der Waals surface area contributed by atoms with Gasteiger partial charge in [0.05, 0.1) is 0 Å². The van der Waals surface area contributed by atoms with Gasteiger partial charge >= 0.3 is 16.5 Å². The van der Waals surface area contributed by atoms with Crippen molar-refractivity contribution in [2.24, 2.45) is 5.14 Å². The molecule has 5 heteroatoms. The Morgan fingerprint density at radius 2 is 1.80 bits per heavy atom. The molecule has 0 rings (SSSR count). The minimum atomic E-state index is -2.36. The molecule has 2 N–H and O–H groups in total. The Morgan fingerprint density at radius 1 is 1.80 bits per heavy atom. The van der Waals surface area contributed by atoms with Crippen LogP contribution < -0.4 is 5.14 Å². The van der Waals surface area contributed by atoms with Gasteiger partial charge in [0, 0.05) is 11.3 Å². The molecule has 0 saturated heterocycles. The summed E-state index contributed by atoms with van der Waals surface area (Å²) in [5.41, 5.74) is 0. The largest absolute Gasteiger partial charge is 2.00 e. The third kappa shape index (κ3) is 94.4. The van der Waals surface area contributed by atoms with E-state index in [0.717, 1.165) is 0 Å². The number of rotatable bonds is 0. The fourth-order valence-corrected chi connectivity index (χ4v) is 0. The normalized spacial score (nSPS) is 12.4. The molecule has 0 heterocycles. The summed E-state index contributed by atoms with van der Waals surface area (Å²) >= 11 is -2.36. The zero-order valence-electron chi connectivity index (χ0n) is 2.12. The van der Waals surface area contributed by atoms with Crippen LogP contribution in [0, 0.1) is 0 Å². The fraction of sp³-hybridized carbons (Fsp3) is 0. The summed E-state index contributed by atoms with van der Waals surface area (Å²) in [6, 6.07) is 0. The Hall–Kier alpha value is 0.564. The quantitative estimate of drug-likeness (QED) is 0.336. The Labute approximate surface area is 42.3 Å². The van der Waals surface area contributed by atoms with E-state index in [2.05, 4.69) is 5.14 Å². The summed E-state index contributed by atoms with van der Waals surface area (Å²) in [5, 5.41) is 4.03. The first-order chi connectivity index (χ1) is 1.73. The van der Waals surface area contributed by atoms with Crippen LogP contribution in [-0.2, 0) is 27.8 Å². The van der Waals surface area contributed by atoms with E-state index in [1.807, 2.05) is 0 Å². The Bertz CT molecular complexity index is 32.6. The maximum atomic E-state index is 8.78. The number of nitrogens with two attached hydrogens (primary N) is 1. The van der Waals surface area contributed by atoms with Crippen molar-refractivity contribution in [1.29, 1.82) is 0 Å². The van der Waals surface area contributed by atoms with E-state index in [0.29, 0.717) is 0 Å². The molecule has 1 atom stereocenters. The molecule has 0 aliphatic rings. The van der Waals surface area contributed by atoms with E-state index in [1.54, 1.807) is 0 Å². The topological polar surface area (TPSA) is 66.2 Å². The standard InChI is InChI=1S/H3NO2S.Ni/c1-4(2)3;/h1H2,(H,2,3);/q;+2/p-1. The van der Waals surface area contributed by atoms with Gasteiger partial charge in [-0.05, 0) is 0 Å². The van der Waals surface area contributed by atoms with Gasteiger partial charge in [-0.3, -0.25) is 9.35 Å². The van der Waals surface area contributed by atoms with Crippen molar-refractivity contribution in [1.82, 2.24) is 0 Å². The molecule has 0 aliphatic carbocycles. The molecule has 0 fully saturated rings. The molecule has 0 aromatic carbocycles. The van der Waals surface area contributed by atoms with Gasteiger partial charge in [0.2, 0.25) is 0 Å². The van der Waals surface area contributed by atoms with E-state index in [9.17, 15) is 0 Å². The van der Waals surface area contributed by atoms with Gasteiger partial charge in [0.1, 0.15) is 0 Å². The number of hydrogen-bond acceptors (Lipinski definition) is 2. The molecule has 0 aromatic heterocycles. The molecule has 34 valence electrons. The molecular weight excluding hydrogens is 137 g/mol. The molecule has 0 spiro atoms. The predicted octanol–water partition coefficient (Wildman–Crippen LogP) is -1.26. The number of hydrogen-bond donors (Lipinski definition) is 1. The van der Waals surface area contributed by atoms with E-state index in [-0.39, 0.29) is 16.5 Å². The second-order valence-electron chi connectivity index (χ2n) is 0.260. The summed E-state index contributed by atoms with van der Waals surface area (Å²) in [6.07, 6.45) is 0. The minimum absolute atomic E-state index is 0. The van der Waals surface area contributed by atoms with Gasteiger partial charge in [-0.2, -0.15) is 0 Å². The summed E-state index contributed by atoms with van der Waals surface area (Å²) in [7, 11) is 0. The average molecular weight is 139 g/mol. The second-order valence-corrected chi connectivity index (χ2v) is 0.781. The monoisotopic (exact) mass is 138 g/mol. The van der Waals surface area contributed by atoms with E-state index < -0.39 is 11.3 Å². The fourth-order valence-electron chi connectivity index (χ4n) is 0. The molecule has 0 bridgehead atoms. The third-order valence-electron chi connectivity index (χ3n) is 0. The zero-order valence-corrected chi connectivity index (χ0v) is 3.92. The van der Waals surface area contributed by atoms with Crippen LogP contribution in [0.2, 0.25) is 0 Å². The first-order valence-corrected chi connectivity index (χ1v) is 1.71. The summed E-state index contributed by atoms with van der Waals surface area (Å²) in [4.78, 5) is 0. The van der Waals surface area contributed by atoms with Crippen LogP contribution in [0.1, 0.15) is 0 Å². The van der Waals surface area contributed by atoms with Crippen LogP contribution in [0.4, 0.5) is 0 Å². The zero-order chi connectivity index (χ0) is 3.58. The van der Waals surface area contributed by atoms with Crippen LogP contribution in [0.5, 0.6) is 0 Å². The predicted molar refractivity (Wildman–Crippen MR) is 13.1 cm³/mol. The van der Waals surface area contributed by atoms with E-state index in [1.165, 1.54) is 0 Å². The van der Waals surface area contributed by atoms with Gasteiger partial charge in [0.15, 0.2) is 0 Å². The second kappa shape index (κ2) is 4.56. The first-order valence-electron chi connectivity index (χ1n) is 0.569. The molecule has 0 amide bonds. The van der Waals surface area contributed by atoms with Gasteiger partial charge < -0.3 is 4.55 Å². The van der Waals surface area contributed by atoms with Crippen molar-refractivity contribution in [3.63, 3.8) is 0 Å². The molecule has 0 aromatic rings. The third-order valence-corrected chi connectivity index (χ3v) is 0. The first kappa shape index (κ1) is 9.12. The maximum Gasteiger partial charge on any atom is 2.00 e. The smallest absolute Gasteiger partial charge is 0.760 e. The van der Waals surface area contributed by atoms with Crippen LogP contribution in [0.25, 0.3) is 0 Å². The molecule has 1 unspecified atom stereocenters. The molecular formula is H2NNiO2S+. The van der Waals surface area contributed by atoms with Crippen molar-refractivity contribution in [2.45, 2.75) is 0 Å². The van der Waals surface area contributed by atoms with Crippen LogP contribution in [-0.4, -0.2) is 8.76 Å².